The van der Waals surface area contributed by atoms with E-state index in [1.807, 2.05) is 0 Å². The summed E-state index contributed by atoms with van der Waals surface area (Å²) in [5, 5.41) is 1.56. The Kier molecular flexibility index (Phi) is 3.18. The van der Waals surface area contributed by atoms with Crippen LogP contribution in [0.2, 0.25) is 0 Å². The Labute approximate surface area is 84.9 Å². The van der Waals surface area contributed by atoms with E-state index in [0.717, 1.165) is 18.3 Å². The van der Waals surface area contributed by atoms with E-state index in [0.29, 0.717) is 4.60 Å². The first kappa shape index (κ1) is 10.8. The van der Waals surface area contributed by atoms with Gasteiger partial charge in [0, 0.05) is 5.38 Å². The second-order valence-corrected chi connectivity index (χ2v) is 3.87. The molecular formula is C6H5BrF3NOS. The maximum atomic E-state index is 12.0. The Bertz CT molecular complexity index is 288. The van der Waals surface area contributed by atoms with Gasteiger partial charge in [0.2, 0.25) is 0 Å². The first-order valence-electron chi connectivity index (χ1n) is 3.24. The monoisotopic (exact) mass is 275 g/mol. The molecule has 0 radical (unpaired) electrons. The maximum absolute atomic E-state index is 12.0. The van der Waals surface area contributed by atoms with Crippen LogP contribution in [0.1, 0.15) is 6.92 Å². The van der Waals surface area contributed by atoms with E-state index in [-0.39, 0.29) is 5.19 Å². The molecule has 0 amide bonds. The third kappa shape index (κ3) is 3.15. The van der Waals surface area contributed by atoms with Crippen LogP contribution in [-0.4, -0.2) is 17.3 Å². The number of nitrogens with zero attached hydrogens (tertiary/aromatic N) is 1. The summed E-state index contributed by atoms with van der Waals surface area (Å²) in [6, 6.07) is 0. The molecular weight excluding hydrogens is 271 g/mol. The highest BCUT2D eigenvalue weighted by molar-refractivity contribution is 9.10. The second kappa shape index (κ2) is 3.83. The number of rotatable bonds is 2. The Hall–Kier alpha value is -0.300. The van der Waals surface area contributed by atoms with Crippen molar-refractivity contribution in [3.63, 3.8) is 0 Å². The van der Waals surface area contributed by atoms with Gasteiger partial charge in [-0.15, -0.1) is 0 Å². The molecule has 1 heterocycles. The molecule has 0 saturated carbocycles. The van der Waals surface area contributed by atoms with Crippen molar-refractivity contribution >= 4 is 27.3 Å². The lowest BCUT2D eigenvalue weighted by Crippen LogP contribution is -2.31. The molecule has 0 saturated heterocycles. The molecule has 74 valence electrons. The number of hydrogen-bond acceptors (Lipinski definition) is 3. The van der Waals surface area contributed by atoms with Crippen molar-refractivity contribution in [2.24, 2.45) is 0 Å². The molecule has 13 heavy (non-hydrogen) atoms. The van der Waals surface area contributed by atoms with Gasteiger partial charge in [0.25, 0.3) is 5.19 Å². The molecule has 1 aromatic heterocycles. The highest BCUT2D eigenvalue weighted by Gasteiger charge is 2.38. The topological polar surface area (TPSA) is 22.1 Å². The fourth-order valence-corrected chi connectivity index (χ4v) is 1.67. The molecule has 1 aromatic rings. The molecule has 1 rings (SSSR count). The summed E-state index contributed by atoms with van der Waals surface area (Å²) in [5.74, 6) is 0. The van der Waals surface area contributed by atoms with Gasteiger partial charge in [0.15, 0.2) is 6.10 Å². The number of ether oxygens (including phenoxy) is 1. The molecule has 0 aliphatic carbocycles. The molecule has 0 spiro atoms. The summed E-state index contributed by atoms with van der Waals surface area (Å²) >= 11 is 4.02. The van der Waals surface area contributed by atoms with Crippen molar-refractivity contribution in [2.45, 2.75) is 19.2 Å². The van der Waals surface area contributed by atoms with Crippen LogP contribution < -0.4 is 4.74 Å². The predicted octanol–water partition coefficient (Wildman–Crippen LogP) is 3.24. The van der Waals surface area contributed by atoms with Crippen molar-refractivity contribution in [2.75, 3.05) is 0 Å². The van der Waals surface area contributed by atoms with Crippen molar-refractivity contribution in [3.8, 4) is 5.19 Å². The summed E-state index contributed by atoms with van der Waals surface area (Å²) in [7, 11) is 0. The van der Waals surface area contributed by atoms with Crippen LogP contribution in [0, 0.1) is 0 Å². The molecule has 0 fully saturated rings. The Morgan fingerprint density at radius 2 is 2.23 bits per heavy atom. The van der Waals surface area contributed by atoms with Gasteiger partial charge in [-0.25, -0.2) is 0 Å². The summed E-state index contributed by atoms with van der Waals surface area (Å²) in [4.78, 5) is 3.68. The van der Waals surface area contributed by atoms with Crippen LogP contribution in [0.4, 0.5) is 13.2 Å². The smallest absolute Gasteiger partial charge is 0.425 e. The minimum Gasteiger partial charge on any atom is -0.457 e. The Balaban J connectivity index is 2.60. The number of thiazole rings is 1. The van der Waals surface area contributed by atoms with Crippen LogP contribution in [-0.2, 0) is 0 Å². The van der Waals surface area contributed by atoms with Gasteiger partial charge in [0.1, 0.15) is 4.60 Å². The van der Waals surface area contributed by atoms with Crippen LogP contribution >= 0.6 is 27.3 Å². The van der Waals surface area contributed by atoms with Crippen molar-refractivity contribution < 1.29 is 17.9 Å². The van der Waals surface area contributed by atoms with E-state index >= 15 is 0 Å². The maximum Gasteiger partial charge on any atom is 0.425 e. The average molecular weight is 276 g/mol. The van der Waals surface area contributed by atoms with Crippen LogP contribution in [0.5, 0.6) is 5.19 Å². The summed E-state index contributed by atoms with van der Waals surface area (Å²) in [6.45, 7) is 0.940. The van der Waals surface area contributed by atoms with Gasteiger partial charge in [0.05, 0.1) is 0 Å². The number of hydrogen-bond donors (Lipinski definition) is 0. The van der Waals surface area contributed by atoms with Crippen molar-refractivity contribution in [1.82, 2.24) is 4.98 Å². The number of aromatic nitrogens is 1. The lowest BCUT2D eigenvalue weighted by molar-refractivity contribution is -0.189. The summed E-state index contributed by atoms with van der Waals surface area (Å²) < 4.78 is 41.0. The van der Waals surface area contributed by atoms with E-state index in [1.54, 1.807) is 5.38 Å². The Morgan fingerprint density at radius 1 is 1.62 bits per heavy atom. The third-order valence-corrected chi connectivity index (χ3v) is 2.63. The molecule has 1 unspecified atom stereocenters. The van der Waals surface area contributed by atoms with Gasteiger partial charge in [-0.1, -0.05) is 11.3 Å². The van der Waals surface area contributed by atoms with E-state index in [9.17, 15) is 13.2 Å². The van der Waals surface area contributed by atoms with E-state index in [2.05, 4.69) is 25.7 Å². The molecule has 0 N–H and O–H groups in total. The molecule has 1 atom stereocenters. The zero-order valence-corrected chi connectivity index (χ0v) is 8.83. The zero-order chi connectivity index (χ0) is 10.1. The standard InChI is InChI=1S/C6H5BrF3NOS/c1-3(6(8,9)10)12-5-11-4(7)2-13-5/h2-3H,1H3. The molecule has 0 aromatic carbocycles. The lowest BCUT2D eigenvalue weighted by atomic mass is 10.4. The van der Waals surface area contributed by atoms with Crippen molar-refractivity contribution in [3.05, 3.63) is 9.98 Å². The van der Waals surface area contributed by atoms with Gasteiger partial charge in [-0.2, -0.15) is 18.2 Å². The SMILES string of the molecule is CC(Oc1nc(Br)cs1)C(F)(F)F. The highest BCUT2D eigenvalue weighted by atomic mass is 79.9. The van der Waals surface area contributed by atoms with E-state index in [4.69, 9.17) is 0 Å². The van der Waals surface area contributed by atoms with Crippen LogP contribution in [0.25, 0.3) is 0 Å². The third-order valence-electron chi connectivity index (χ3n) is 1.19. The van der Waals surface area contributed by atoms with Gasteiger partial charge < -0.3 is 4.74 Å². The molecule has 2 nitrogen and oxygen atoms in total. The highest BCUT2D eigenvalue weighted by Crippen LogP contribution is 2.28. The molecule has 0 aliphatic heterocycles. The first-order chi connectivity index (χ1) is 5.89. The minimum absolute atomic E-state index is 0.0108. The van der Waals surface area contributed by atoms with Gasteiger partial charge in [-0.05, 0) is 22.9 Å². The second-order valence-electron chi connectivity index (χ2n) is 2.24. The minimum atomic E-state index is -4.35. The normalized spacial score (nSPS) is 14.2. The molecule has 0 aliphatic rings. The first-order valence-corrected chi connectivity index (χ1v) is 4.91. The molecule has 7 heteroatoms. The fourth-order valence-electron chi connectivity index (χ4n) is 0.511. The van der Waals surface area contributed by atoms with Gasteiger partial charge >= 0.3 is 6.18 Å². The quantitative estimate of drug-likeness (QED) is 0.827. The largest absolute Gasteiger partial charge is 0.457 e. The zero-order valence-electron chi connectivity index (χ0n) is 6.43. The van der Waals surface area contributed by atoms with Crippen LogP contribution in [0.3, 0.4) is 0 Å². The predicted molar refractivity (Wildman–Crippen MR) is 46.0 cm³/mol. The van der Waals surface area contributed by atoms with E-state index < -0.39 is 12.3 Å². The van der Waals surface area contributed by atoms with Gasteiger partial charge in [-0.3, -0.25) is 0 Å². The Morgan fingerprint density at radius 3 is 2.62 bits per heavy atom. The lowest BCUT2D eigenvalue weighted by Gasteiger charge is -2.14. The summed E-state index contributed by atoms with van der Waals surface area (Å²) in [6.07, 6.45) is -6.18. The number of halogens is 4. The average Bonchev–Trinajstić information content (AvgIpc) is 2.33. The number of alkyl halides is 3. The molecule has 0 bridgehead atoms. The van der Waals surface area contributed by atoms with Crippen LogP contribution in [0.15, 0.2) is 9.98 Å². The fraction of sp³-hybridized carbons (Fsp3) is 0.500. The summed E-state index contributed by atoms with van der Waals surface area (Å²) in [5.41, 5.74) is 0. The van der Waals surface area contributed by atoms with E-state index in [1.165, 1.54) is 0 Å². The van der Waals surface area contributed by atoms with Crippen molar-refractivity contribution in [1.29, 1.82) is 0 Å².